The second kappa shape index (κ2) is 12.2. The molecule has 228 valence electrons. The van der Waals surface area contributed by atoms with Gasteiger partial charge in [-0.05, 0) is 86.8 Å². The van der Waals surface area contributed by atoms with Gasteiger partial charge in [0.05, 0.1) is 41.7 Å². The topological polar surface area (TPSA) is 107 Å². The van der Waals surface area contributed by atoms with Crippen molar-refractivity contribution in [3.8, 4) is 23.0 Å². The molecule has 0 aliphatic carbocycles. The van der Waals surface area contributed by atoms with Crippen LogP contribution in [0.25, 0.3) is 16.0 Å². The van der Waals surface area contributed by atoms with E-state index in [1.54, 1.807) is 30.3 Å². The Labute approximate surface area is 259 Å². The zero-order valence-corrected chi connectivity index (χ0v) is 25.9. The summed E-state index contributed by atoms with van der Waals surface area (Å²) < 4.78 is 24.1. The molecule has 9 nitrogen and oxygen atoms in total. The number of anilines is 1. The number of Topliss-reactive ketones (excluding diaryl/α,β-unsaturated/α-hetero) is 1. The number of rotatable bonds is 10. The van der Waals surface area contributed by atoms with E-state index in [4.69, 9.17) is 23.9 Å². The molecule has 2 aliphatic rings. The van der Waals surface area contributed by atoms with Crippen molar-refractivity contribution in [3.05, 3.63) is 76.9 Å². The number of ether oxygens (including phenoxy) is 4. The molecule has 3 aromatic carbocycles. The molecule has 44 heavy (non-hydrogen) atoms. The highest BCUT2D eigenvalue weighted by molar-refractivity contribution is 7.22. The van der Waals surface area contributed by atoms with Crippen LogP contribution in [0.3, 0.4) is 0 Å². The summed E-state index contributed by atoms with van der Waals surface area (Å²) in [5, 5.41) is 12.1. The molecule has 1 fully saturated rings. The van der Waals surface area contributed by atoms with E-state index >= 15 is 0 Å². The molecule has 0 bridgehead atoms. The Morgan fingerprint density at radius 1 is 1.00 bits per heavy atom. The average molecular weight is 615 g/mol. The first-order valence-corrected chi connectivity index (χ1v) is 15.7. The van der Waals surface area contributed by atoms with Crippen LogP contribution in [-0.2, 0) is 16.0 Å². The number of aliphatic hydroxyl groups is 1. The van der Waals surface area contributed by atoms with Gasteiger partial charge in [0.15, 0.2) is 16.6 Å². The maximum atomic E-state index is 13.8. The Morgan fingerprint density at radius 2 is 1.82 bits per heavy atom. The van der Waals surface area contributed by atoms with Gasteiger partial charge in [-0.1, -0.05) is 24.3 Å². The Balaban J connectivity index is 1.52. The first kappa shape index (κ1) is 29.5. The second-order valence-corrected chi connectivity index (χ2v) is 11.7. The molecule has 4 aromatic rings. The van der Waals surface area contributed by atoms with Crippen LogP contribution in [0, 0.1) is 0 Å². The molecular formula is C34H34N2O7S. The third-order valence-electron chi connectivity index (χ3n) is 7.52. The Morgan fingerprint density at radius 3 is 2.59 bits per heavy atom. The summed E-state index contributed by atoms with van der Waals surface area (Å²) >= 11 is 1.28. The van der Waals surface area contributed by atoms with Crippen LogP contribution < -0.4 is 23.8 Å². The van der Waals surface area contributed by atoms with Gasteiger partial charge in [-0.2, -0.15) is 0 Å². The Kier molecular flexibility index (Phi) is 8.18. The van der Waals surface area contributed by atoms with Crippen LogP contribution in [0.15, 0.2) is 60.2 Å². The van der Waals surface area contributed by atoms with Gasteiger partial charge in [0.2, 0.25) is 0 Å². The largest absolute Gasteiger partial charge is 0.507 e. The molecule has 0 unspecified atom stereocenters. The van der Waals surface area contributed by atoms with Crippen molar-refractivity contribution in [2.24, 2.45) is 0 Å². The molecule has 1 saturated heterocycles. The van der Waals surface area contributed by atoms with Crippen molar-refractivity contribution in [2.45, 2.75) is 52.7 Å². The Hall–Kier alpha value is -4.57. The van der Waals surface area contributed by atoms with E-state index in [9.17, 15) is 14.7 Å². The maximum absolute atomic E-state index is 13.8. The minimum absolute atomic E-state index is 0.0145. The standard InChI is InChI=1S/C34H34N2O7S/c1-5-14-42-26-13-8-20(17-27(26)41-7-3)30-29(31(37)21-9-12-25-22(16-21)15-19(4)43-25)32(38)33(39)36(30)34-35-24-11-10-23(40-6-2)18-28(24)44-34/h8-13,16-19,30,37H,5-7,14-15H2,1-4H3/b31-29+/t19-,30-/m0/s1. The number of carbonyl (C=O) groups is 2. The lowest BCUT2D eigenvalue weighted by molar-refractivity contribution is -0.132. The number of amides is 1. The Bertz CT molecular complexity index is 1780. The highest BCUT2D eigenvalue weighted by Gasteiger charge is 2.48. The van der Waals surface area contributed by atoms with E-state index < -0.39 is 17.7 Å². The van der Waals surface area contributed by atoms with Crippen molar-refractivity contribution in [1.82, 2.24) is 4.98 Å². The van der Waals surface area contributed by atoms with Crippen LogP contribution in [0.1, 0.15) is 56.8 Å². The molecule has 1 aromatic heterocycles. The molecule has 1 N–H and O–H groups in total. The van der Waals surface area contributed by atoms with Gasteiger partial charge in [-0.3, -0.25) is 14.5 Å². The van der Waals surface area contributed by atoms with E-state index in [2.05, 4.69) is 0 Å². The first-order valence-electron chi connectivity index (χ1n) is 14.9. The van der Waals surface area contributed by atoms with Crippen molar-refractivity contribution < 1.29 is 33.6 Å². The molecule has 0 saturated carbocycles. The summed E-state index contributed by atoms with van der Waals surface area (Å²) in [6.45, 7) is 9.19. The summed E-state index contributed by atoms with van der Waals surface area (Å²) in [5.74, 6) is 0.647. The van der Waals surface area contributed by atoms with E-state index in [-0.39, 0.29) is 17.4 Å². The fourth-order valence-corrected chi connectivity index (χ4v) is 6.64. The lowest BCUT2D eigenvalue weighted by atomic mass is 9.94. The molecule has 2 aliphatic heterocycles. The predicted octanol–water partition coefficient (Wildman–Crippen LogP) is 6.83. The predicted molar refractivity (Wildman–Crippen MR) is 169 cm³/mol. The maximum Gasteiger partial charge on any atom is 0.301 e. The van der Waals surface area contributed by atoms with Gasteiger partial charge in [0.1, 0.15) is 23.4 Å². The number of carbonyl (C=O) groups excluding carboxylic acids is 2. The van der Waals surface area contributed by atoms with Crippen molar-refractivity contribution in [2.75, 3.05) is 24.7 Å². The number of benzene rings is 3. The van der Waals surface area contributed by atoms with E-state index in [0.717, 1.165) is 22.4 Å². The fourth-order valence-electron chi connectivity index (χ4n) is 5.62. The van der Waals surface area contributed by atoms with Crippen LogP contribution in [0.2, 0.25) is 0 Å². The third kappa shape index (κ3) is 5.34. The number of ketones is 1. The summed E-state index contributed by atoms with van der Waals surface area (Å²) in [4.78, 5) is 33.7. The number of fused-ring (bicyclic) bond motifs is 2. The molecule has 3 heterocycles. The van der Waals surface area contributed by atoms with E-state index in [1.807, 2.05) is 52.0 Å². The lowest BCUT2D eigenvalue weighted by Gasteiger charge is -2.24. The summed E-state index contributed by atoms with van der Waals surface area (Å²) in [7, 11) is 0. The highest BCUT2D eigenvalue weighted by Crippen LogP contribution is 2.46. The molecule has 10 heteroatoms. The van der Waals surface area contributed by atoms with Gasteiger partial charge in [0.25, 0.3) is 5.78 Å². The molecule has 1 amide bonds. The highest BCUT2D eigenvalue weighted by atomic mass is 32.1. The number of thiazole rings is 1. The average Bonchev–Trinajstić information content (AvgIpc) is 3.68. The smallest absolute Gasteiger partial charge is 0.301 e. The minimum atomic E-state index is -0.968. The van der Waals surface area contributed by atoms with E-state index in [0.29, 0.717) is 65.3 Å². The minimum Gasteiger partial charge on any atom is -0.507 e. The van der Waals surface area contributed by atoms with Crippen LogP contribution in [0.5, 0.6) is 23.0 Å². The third-order valence-corrected chi connectivity index (χ3v) is 8.54. The first-order chi connectivity index (χ1) is 21.3. The van der Waals surface area contributed by atoms with Gasteiger partial charge in [-0.25, -0.2) is 4.98 Å². The molecule has 6 rings (SSSR count). The van der Waals surface area contributed by atoms with E-state index in [1.165, 1.54) is 16.2 Å². The normalized spacial score (nSPS) is 18.9. The van der Waals surface area contributed by atoms with Crippen molar-refractivity contribution in [1.29, 1.82) is 0 Å². The van der Waals surface area contributed by atoms with Gasteiger partial charge in [-0.15, -0.1) is 0 Å². The van der Waals surface area contributed by atoms with Gasteiger partial charge in [0, 0.05) is 12.0 Å². The second-order valence-electron chi connectivity index (χ2n) is 10.7. The lowest BCUT2D eigenvalue weighted by Crippen LogP contribution is -2.29. The number of hydrogen-bond donors (Lipinski definition) is 1. The number of hydrogen-bond acceptors (Lipinski definition) is 9. The van der Waals surface area contributed by atoms with Crippen molar-refractivity contribution in [3.63, 3.8) is 0 Å². The molecule has 0 radical (unpaired) electrons. The number of nitrogens with zero attached hydrogens (tertiary/aromatic N) is 2. The summed E-state index contributed by atoms with van der Waals surface area (Å²) in [6.07, 6.45) is 1.52. The monoisotopic (exact) mass is 614 g/mol. The SMILES string of the molecule is CCCOc1ccc([C@H]2/C(=C(\O)c3ccc4c(c3)C[C@H](C)O4)C(=O)C(=O)N2c2nc3ccc(OCC)cc3s2)cc1OCC. The van der Waals surface area contributed by atoms with Crippen LogP contribution in [-0.4, -0.2) is 47.7 Å². The van der Waals surface area contributed by atoms with Crippen molar-refractivity contribution >= 4 is 44.1 Å². The fraction of sp³-hybridized carbons (Fsp3) is 0.324. The summed E-state index contributed by atoms with van der Waals surface area (Å²) in [6, 6.07) is 15.2. The zero-order chi connectivity index (χ0) is 31.0. The quantitative estimate of drug-likeness (QED) is 0.118. The summed E-state index contributed by atoms with van der Waals surface area (Å²) in [5.41, 5.74) is 2.58. The number of aromatic nitrogens is 1. The van der Waals surface area contributed by atoms with Crippen LogP contribution in [0.4, 0.5) is 5.13 Å². The van der Waals surface area contributed by atoms with Gasteiger partial charge < -0.3 is 24.1 Å². The molecule has 0 spiro atoms. The molecule has 2 atom stereocenters. The number of aliphatic hydroxyl groups excluding tert-OH is 1. The van der Waals surface area contributed by atoms with Crippen LogP contribution >= 0.6 is 11.3 Å². The van der Waals surface area contributed by atoms with Gasteiger partial charge >= 0.3 is 5.91 Å². The zero-order valence-electron chi connectivity index (χ0n) is 25.1. The molecular weight excluding hydrogens is 580 g/mol.